The summed E-state index contributed by atoms with van der Waals surface area (Å²) in [5, 5.41) is 0. The molecule has 1 aliphatic carbocycles. The van der Waals surface area contributed by atoms with Crippen LogP contribution in [0.25, 0.3) is 11.1 Å². The lowest BCUT2D eigenvalue weighted by Crippen LogP contribution is -2.35. The average molecular weight is 621 g/mol. The van der Waals surface area contributed by atoms with E-state index in [1.807, 2.05) is 12.1 Å². The first-order valence-electron chi connectivity index (χ1n) is 16.2. The zero-order valence-electron chi connectivity index (χ0n) is 26.4. The third-order valence-corrected chi connectivity index (χ3v) is 9.40. The van der Waals surface area contributed by atoms with Gasteiger partial charge in [-0.25, -0.2) is 9.59 Å². The molecule has 0 aromatic heterocycles. The van der Waals surface area contributed by atoms with Crippen molar-refractivity contribution in [2.24, 2.45) is 17.8 Å². The maximum Gasteiger partial charge on any atom is 0.333 e. The van der Waals surface area contributed by atoms with Crippen molar-refractivity contribution in [2.45, 2.75) is 76.7 Å². The second-order valence-corrected chi connectivity index (χ2v) is 12.5. The molecule has 2 aromatic rings. The summed E-state index contributed by atoms with van der Waals surface area (Å²) in [5.74, 6) is 0.606. The predicted octanol–water partition coefficient (Wildman–Crippen LogP) is 8.99. The number of esters is 2. The maximum atomic E-state index is 12.3. The first-order valence-corrected chi connectivity index (χ1v) is 16.2. The highest BCUT2D eigenvalue weighted by Gasteiger charge is 2.34. The van der Waals surface area contributed by atoms with Crippen LogP contribution in [-0.4, -0.2) is 37.9 Å². The van der Waals surface area contributed by atoms with E-state index in [9.17, 15) is 18.4 Å². The standard InChI is InChI=1S/C38H46F2O5/c1-4-37(41)43-23-22-34(25-45-38(42)26(2)3)31-16-18-32(19-17-31)35-21-20-33(24-44-35)30-14-12-29(13-15-30)28-10-8-27(9-11-28)6-5-7-36(39)40/h4,7-15,31-35H,1-2,5-6,16-25H2,3H3. The van der Waals surface area contributed by atoms with Crippen molar-refractivity contribution >= 4 is 11.9 Å². The highest BCUT2D eigenvalue weighted by molar-refractivity contribution is 5.86. The normalized spacial score (nSPS) is 22.1. The second-order valence-electron chi connectivity index (χ2n) is 12.5. The molecule has 2 aliphatic rings. The summed E-state index contributed by atoms with van der Waals surface area (Å²) < 4.78 is 41.7. The first kappa shape index (κ1) is 34.3. The molecule has 1 saturated heterocycles. The van der Waals surface area contributed by atoms with Crippen molar-refractivity contribution in [2.75, 3.05) is 19.8 Å². The third-order valence-electron chi connectivity index (χ3n) is 9.40. The van der Waals surface area contributed by atoms with Gasteiger partial charge in [-0.3, -0.25) is 0 Å². The van der Waals surface area contributed by atoms with E-state index in [1.165, 1.54) is 5.56 Å². The van der Waals surface area contributed by atoms with Crippen LogP contribution >= 0.6 is 0 Å². The summed E-state index contributed by atoms with van der Waals surface area (Å²) in [4.78, 5) is 23.5. The number of aryl methyl sites for hydroxylation is 1. The van der Waals surface area contributed by atoms with Gasteiger partial charge in [-0.05, 0) is 111 Å². The van der Waals surface area contributed by atoms with Crippen LogP contribution in [0.3, 0.4) is 0 Å². The number of carbonyl (C=O) groups is 2. The van der Waals surface area contributed by atoms with Gasteiger partial charge in [-0.15, -0.1) is 0 Å². The van der Waals surface area contributed by atoms with Gasteiger partial charge in [-0.1, -0.05) is 61.7 Å². The van der Waals surface area contributed by atoms with E-state index in [1.54, 1.807) is 6.92 Å². The van der Waals surface area contributed by atoms with E-state index in [0.717, 1.165) is 74.0 Å². The molecule has 2 aromatic carbocycles. The molecule has 1 aliphatic heterocycles. The Morgan fingerprint density at radius 2 is 1.62 bits per heavy atom. The van der Waals surface area contributed by atoms with Gasteiger partial charge in [0.25, 0.3) is 6.08 Å². The van der Waals surface area contributed by atoms with Crippen molar-refractivity contribution < 1.29 is 32.6 Å². The van der Waals surface area contributed by atoms with Crippen LogP contribution in [0, 0.1) is 17.8 Å². The summed E-state index contributed by atoms with van der Waals surface area (Å²) in [7, 11) is 0. The minimum atomic E-state index is -1.62. The fraction of sp³-hybridized carbons (Fsp3) is 0.474. The molecule has 0 radical (unpaired) electrons. The third kappa shape index (κ3) is 10.5. The van der Waals surface area contributed by atoms with Crippen LogP contribution < -0.4 is 0 Å². The minimum absolute atomic E-state index is 0.125. The van der Waals surface area contributed by atoms with Crippen LogP contribution in [0.2, 0.25) is 0 Å². The van der Waals surface area contributed by atoms with Crippen molar-refractivity contribution in [3.8, 4) is 11.1 Å². The van der Waals surface area contributed by atoms with E-state index in [2.05, 4.69) is 49.6 Å². The van der Waals surface area contributed by atoms with Crippen molar-refractivity contribution in [1.29, 1.82) is 0 Å². The molecule has 3 unspecified atom stereocenters. The van der Waals surface area contributed by atoms with E-state index >= 15 is 0 Å². The quantitative estimate of drug-likeness (QED) is 0.156. The summed E-state index contributed by atoms with van der Waals surface area (Å²) in [6.45, 7) is 10.1. The Balaban J connectivity index is 1.23. The lowest BCUT2D eigenvalue weighted by molar-refractivity contribution is -0.143. The fourth-order valence-electron chi connectivity index (χ4n) is 6.69. The highest BCUT2D eigenvalue weighted by Crippen LogP contribution is 2.41. The SMILES string of the molecule is C=CC(=O)OCCC(COC(=O)C(=C)C)C1CCC(C2CCC(c3ccc(-c4ccc(CCC=C(F)F)cc4)cc3)CO2)CC1. The van der Waals surface area contributed by atoms with Crippen molar-refractivity contribution in [3.63, 3.8) is 0 Å². The molecule has 7 heteroatoms. The van der Waals surface area contributed by atoms with E-state index in [0.29, 0.717) is 49.2 Å². The lowest BCUT2D eigenvalue weighted by Gasteiger charge is -2.39. The van der Waals surface area contributed by atoms with Crippen LogP contribution in [0.1, 0.15) is 75.3 Å². The highest BCUT2D eigenvalue weighted by atomic mass is 19.3. The van der Waals surface area contributed by atoms with E-state index in [4.69, 9.17) is 14.2 Å². The number of hydrogen-bond donors (Lipinski definition) is 0. The van der Waals surface area contributed by atoms with Crippen molar-refractivity contribution in [3.05, 3.63) is 96.6 Å². The van der Waals surface area contributed by atoms with Gasteiger partial charge in [0.2, 0.25) is 0 Å². The van der Waals surface area contributed by atoms with Crippen LogP contribution in [-0.2, 0) is 30.2 Å². The van der Waals surface area contributed by atoms with Gasteiger partial charge >= 0.3 is 11.9 Å². The number of ether oxygens (including phenoxy) is 3. The fourth-order valence-corrected chi connectivity index (χ4v) is 6.69. The predicted molar refractivity (Wildman–Crippen MR) is 173 cm³/mol. The number of benzene rings is 2. The van der Waals surface area contributed by atoms with Gasteiger partial charge in [0.05, 0.1) is 25.9 Å². The smallest absolute Gasteiger partial charge is 0.333 e. The number of carbonyl (C=O) groups excluding carboxylic acids is 2. The largest absolute Gasteiger partial charge is 0.463 e. The van der Waals surface area contributed by atoms with Gasteiger partial charge < -0.3 is 14.2 Å². The minimum Gasteiger partial charge on any atom is -0.463 e. The molecular formula is C38H46F2O5. The molecule has 5 nitrogen and oxygen atoms in total. The topological polar surface area (TPSA) is 61.8 Å². The zero-order valence-corrected chi connectivity index (χ0v) is 26.4. The molecule has 0 N–H and O–H groups in total. The van der Waals surface area contributed by atoms with Gasteiger partial charge in [0.1, 0.15) is 0 Å². The van der Waals surface area contributed by atoms with Crippen molar-refractivity contribution in [1.82, 2.24) is 0 Å². The number of allylic oxidation sites excluding steroid dienone is 1. The first-order chi connectivity index (χ1) is 21.7. The molecule has 4 rings (SSSR count). The summed E-state index contributed by atoms with van der Waals surface area (Å²) in [6.07, 6.45) is 8.73. The molecule has 0 bridgehead atoms. The monoisotopic (exact) mass is 620 g/mol. The average Bonchev–Trinajstić information content (AvgIpc) is 3.06. The Labute approximate surface area is 266 Å². The summed E-state index contributed by atoms with van der Waals surface area (Å²) >= 11 is 0. The van der Waals surface area contributed by atoms with E-state index in [-0.39, 0.29) is 24.6 Å². The Kier molecular flexibility index (Phi) is 13.1. The Morgan fingerprint density at radius 3 is 2.20 bits per heavy atom. The molecule has 2 fully saturated rings. The molecule has 0 amide bonds. The zero-order chi connectivity index (χ0) is 32.2. The number of rotatable bonds is 14. The number of halogens is 2. The summed E-state index contributed by atoms with van der Waals surface area (Å²) in [6, 6.07) is 16.8. The molecule has 1 heterocycles. The van der Waals surface area contributed by atoms with Crippen LogP contribution in [0.5, 0.6) is 0 Å². The lowest BCUT2D eigenvalue weighted by atomic mass is 9.72. The van der Waals surface area contributed by atoms with E-state index < -0.39 is 12.0 Å². The molecule has 1 saturated carbocycles. The molecule has 45 heavy (non-hydrogen) atoms. The summed E-state index contributed by atoms with van der Waals surface area (Å²) in [5.41, 5.74) is 4.97. The van der Waals surface area contributed by atoms with Crippen LogP contribution in [0.4, 0.5) is 8.78 Å². The molecule has 0 spiro atoms. The molecular weight excluding hydrogens is 574 g/mol. The van der Waals surface area contributed by atoms with Gasteiger partial charge in [0, 0.05) is 17.6 Å². The molecule has 242 valence electrons. The van der Waals surface area contributed by atoms with Gasteiger partial charge in [-0.2, -0.15) is 8.78 Å². The Bertz CT molecular complexity index is 1300. The Morgan fingerprint density at radius 1 is 0.956 bits per heavy atom. The van der Waals surface area contributed by atoms with Gasteiger partial charge in [0.15, 0.2) is 0 Å². The second kappa shape index (κ2) is 17.2. The molecule has 3 atom stereocenters. The Hall–Kier alpha value is -3.58. The maximum absolute atomic E-state index is 12.3. The van der Waals surface area contributed by atoms with Crippen LogP contribution in [0.15, 0.2) is 85.5 Å². The number of hydrogen-bond acceptors (Lipinski definition) is 5.